The van der Waals surface area contributed by atoms with Crippen LogP contribution in [0.3, 0.4) is 0 Å². The van der Waals surface area contributed by atoms with Crippen LogP contribution in [0.4, 0.5) is 5.69 Å². The Hall–Kier alpha value is -1.15. The monoisotopic (exact) mass is 354 g/mol. The molecule has 1 N–H and O–H groups in total. The van der Waals surface area contributed by atoms with Crippen molar-refractivity contribution in [3.63, 3.8) is 0 Å². The fourth-order valence-corrected chi connectivity index (χ4v) is 4.45. The molecule has 2 fully saturated rings. The molecule has 144 valence electrons. The summed E-state index contributed by atoms with van der Waals surface area (Å²) in [7, 11) is 0. The lowest BCUT2D eigenvalue weighted by molar-refractivity contribution is 0.326. The molecule has 0 spiro atoms. The number of hydrogen-bond acceptors (Lipinski definition) is 2. The molecule has 4 rings (SSSR count). The van der Waals surface area contributed by atoms with Gasteiger partial charge in [-0.25, -0.2) is 0 Å². The van der Waals surface area contributed by atoms with Crippen LogP contribution in [0.25, 0.3) is 0 Å². The summed E-state index contributed by atoms with van der Waals surface area (Å²) in [6.07, 6.45) is 7.98. The van der Waals surface area contributed by atoms with E-state index in [-0.39, 0.29) is 5.41 Å². The summed E-state index contributed by atoms with van der Waals surface area (Å²) in [5.41, 5.74) is 5.62. The first-order valence-electron chi connectivity index (χ1n) is 10.7. The first-order chi connectivity index (χ1) is 12.2. The molecule has 1 aromatic carbocycles. The highest BCUT2D eigenvalue weighted by Crippen LogP contribution is 2.37. The van der Waals surface area contributed by atoms with Crippen LogP contribution in [-0.2, 0) is 11.8 Å². The van der Waals surface area contributed by atoms with E-state index in [1.54, 1.807) is 0 Å². The summed E-state index contributed by atoms with van der Waals surface area (Å²) in [5.74, 6) is 1.73. The quantitative estimate of drug-likeness (QED) is 0.638. The molecule has 2 heterocycles. The van der Waals surface area contributed by atoms with Gasteiger partial charge in [0, 0.05) is 24.2 Å². The molecular formula is C24H38N2. The molecule has 1 aliphatic carbocycles. The lowest BCUT2D eigenvalue weighted by Gasteiger charge is -2.24. The Labute approximate surface area is 160 Å². The van der Waals surface area contributed by atoms with Crippen molar-refractivity contribution in [2.24, 2.45) is 16.8 Å². The second-order valence-electron chi connectivity index (χ2n) is 10.2. The molecule has 26 heavy (non-hydrogen) atoms. The Bertz CT molecular complexity index is 634. The van der Waals surface area contributed by atoms with Crippen molar-refractivity contribution in [2.75, 3.05) is 0 Å². The van der Waals surface area contributed by atoms with Crippen molar-refractivity contribution < 1.29 is 0 Å². The van der Waals surface area contributed by atoms with E-state index in [4.69, 9.17) is 4.99 Å². The highest BCUT2D eigenvalue weighted by Gasteiger charge is 2.38. The van der Waals surface area contributed by atoms with Crippen LogP contribution in [0.15, 0.2) is 23.2 Å². The van der Waals surface area contributed by atoms with Crippen LogP contribution in [0.5, 0.6) is 0 Å². The molecule has 0 radical (unpaired) electrons. The molecule has 3 unspecified atom stereocenters. The number of hydrogen-bond donors (Lipinski definition) is 1. The van der Waals surface area contributed by atoms with Crippen molar-refractivity contribution in [1.82, 2.24) is 5.32 Å². The Balaban J connectivity index is 0.000000447. The average Bonchev–Trinajstić information content (AvgIpc) is 3.16. The Morgan fingerprint density at radius 1 is 1.08 bits per heavy atom. The summed E-state index contributed by atoms with van der Waals surface area (Å²) in [4.78, 5) is 5.02. The van der Waals surface area contributed by atoms with Crippen molar-refractivity contribution in [3.05, 3.63) is 29.3 Å². The number of benzene rings is 1. The van der Waals surface area contributed by atoms with Gasteiger partial charge >= 0.3 is 0 Å². The van der Waals surface area contributed by atoms with E-state index in [0.29, 0.717) is 6.04 Å². The van der Waals surface area contributed by atoms with Crippen LogP contribution in [0.1, 0.15) is 84.8 Å². The smallest absolute Gasteiger partial charge is 0.0668 e. The molecular weight excluding hydrogens is 316 g/mol. The lowest BCUT2D eigenvalue weighted by Crippen LogP contribution is -2.37. The van der Waals surface area contributed by atoms with Crippen LogP contribution >= 0.6 is 0 Å². The summed E-state index contributed by atoms with van der Waals surface area (Å²) in [6.45, 7) is 13.3. The maximum Gasteiger partial charge on any atom is 0.0668 e. The Kier molecular flexibility index (Phi) is 5.91. The molecule has 0 amide bonds. The number of nitrogens with one attached hydrogen (secondary N) is 1. The fourth-order valence-electron chi connectivity index (χ4n) is 4.45. The number of rotatable bonds is 1. The Morgan fingerprint density at radius 2 is 1.77 bits per heavy atom. The van der Waals surface area contributed by atoms with E-state index in [0.717, 1.165) is 24.3 Å². The van der Waals surface area contributed by atoms with Crippen molar-refractivity contribution in [3.8, 4) is 0 Å². The number of fused-ring (bicyclic) bond motifs is 2. The van der Waals surface area contributed by atoms with E-state index in [9.17, 15) is 0 Å². The molecule has 1 saturated heterocycles. The topological polar surface area (TPSA) is 24.4 Å². The lowest BCUT2D eigenvalue weighted by atomic mass is 9.84. The van der Waals surface area contributed by atoms with Crippen LogP contribution < -0.4 is 5.32 Å². The van der Waals surface area contributed by atoms with Crippen LogP contribution in [0.2, 0.25) is 0 Å². The maximum absolute atomic E-state index is 5.02. The maximum atomic E-state index is 5.02. The third-order valence-electron chi connectivity index (χ3n) is 5.85. The van der Waals surface area contributed by atoms with Gasteiger partial charge in [0.2, 0.25) is 0 Å². The van der Waals surface area contributed by atoms with Gasteiger partial charge in [-0.3, -0.25) is 4.99 Å². The molecule has 0 bridgehead atoms. The van der Waals surface area contributed by atoms with Gasteiger partial charge in [-0.1, -0.05) is 66.5 Å². The first kappa shape index (κ1) is 19.6. The molecule has 1 aromatic rings. The van der Waals surface area contributed by atoms with E-state index < -0.39 is 0 Å². The minimum absolute atomic E-state index is 0.202. The summed E-state index contributed by atoms with van der Waals surface area (Å²) in [6, 6.07) is 8.19. The highest BCUT2D eigenvalue weighted by atomic mass is 15.0. The van der Waals surface area contributed by atoms with Crippen molar-refractivity contribution >= 4 is 11.4 Å². The highest BCUT2D eigenvalue weighted by molar-refractivity contribution is 5.98. The molecule has 0 aromatic heterocycles. The van der Waals surface area contributed by atoms with E-state index in [1.807, 2.05) is 0 Å². The van der Waals surface area contributed by atoms with Gasteiger partial charge in [-0.05, 0) is 53.7 Å². The zero-order valence-electron chi connectivity index (χ0n) is 17.7. The van der Waals surface area contributed by atoms with Crippen molar-refractivity contribution in [1.29, 1.82) is 0 Å². The van der Waals surface area contributed by atoms with Gasteiger partial charge in [-0.2, -0.15) is 0 Å². The SMILES string of the molecule is CC(C)(C)c1ccc2c(c1)N=C(C1CC3CCCCC3N1)C2.CC(C)C. The zero-order valence-corrected chi connectivity index (χ0v) is 17.7. The van der Waals surface area contributed by atoms with Crippen LogP contribution in [0, 0.1) is 11.8 Å². The number of aliphatic imine (C=N–C) groups is 1. The second kappa shape index (κ2) is 7.84. The van der Waals surface area contributed by atoms with Gasteiger partial charge in [0.05, 0.1) is 5.69 Å². The molecule has 2 heteroatoms. The summed E-state index contributed by atoms with van der Waals surface area (Å²) in [5, 5.41) is 3.88. The predicted molar refractivity (Wildman–Crippen MR) is 114 cm³/mol. The second-order valence-corrected chi connectivity index (χ2v) is 10.2. The van der Waals surface area contributed by atoms with Gasteiger partial charge in [-0.15, -0.1) is 0 Å². The molecule has 2 nitrogen and oxygen atoms in total. The predicted octanol–water partition coefficient (Wildman–Crippen LogP) is 6.20. The minimum atomic E-state index is 0.202. The largest absolute Gasteiger partial charge is 0.306 e. The summed E-state index contributed by atoms with van der Waals surface area (Å²) < 4.78 is 0. The average molecular weight is 355 g/mol. The fraction of sp³-hybridized carbons (Fsp3) is 0.708. The standard InChI is InChI=1S/C20H28N2.C4H10/c1-20(2,3)15-9-8-14-11-19(22-17(14)12-15)18-10-13-6-4-5-7-16(13)21-18;1-4(2)3/h8-9,12-13,16,18,21H,4-7,10-11H2,1-3H3;4H,1-3H3. The normalized spacial score (nSPS) is 27.5. The van der Waals surface area contributed by atoms with E-state index in [2.05, 4.69) is 65.1 Å². The third kappa shape index (κ3) is 4.57. The number of nitrogens with zero attached hydrogens (tertiary/aromatic N) is 1. The minimum Gasteiger partial charge on any atom is -0.306 e. The zero-order chi connectivity index (χ0) is 18.9. The third-order valence-corrected chi connectivity index (χ3v) is 5.85. The van der Waals surface area contributed by atoms with Crippen LogP contribution in [-0.4, -0.2) is 17.8 Å². The van der Waals surface area contributed by atoms with Gasteiger partial charge in [0.25, 0.3) is 0 Å². The van der Waals surface area contributed by atoms with E-state index >= 15 is 0 Å². The van der Waals surface area contributed by atoms with E-state index in [1.165, 1.54) is 54.6 Å². The molecule has 3 aliphatic rings. The van der Waals surface area contributed by atoms with Gasteiger partial charge < -0.3 is 5.32 Å². The first-order valence-corrected chi connectivity index (χ1v) is 10.7. The summed E-state index contributed by atoms with van der Waals surface area (Å²) >= 11 is 0. The van der Waals surface area contributed by atoms with Gasteiger partial charge in [0.15, 0.2) is 0 Å². The molecule has 2 aliphatic heterocycles. The van der Waals surface area contributed by atoms with Crippen molar-refractivity contribution in [2.45, 2.75) is 97.6 Å². The molecule has 3 atom stereocenters. The molecule has 1 saturated carbocycles. The van der Waals surface area contributed by atoms with Gasteiger partial charge in [0.1, 0.15) is 0 Å². The Morgan fingerprint density at radius 3 is 2.42 bits per heavy atom.